The topological polar surface area (TPSA) is 84.3 Å². The molecule has 0 spiro atoms. The number of hydrogen-bond acceptors (Lipinski definition) is 5. The highest BCUT2D eigenvalue weighted by atomic mass is 35.5. The van der Waals surface area contributed by atoms with E-state index >= 15 is 0 Å². The number of benzene rings is 1. The van der Waals surface area contributed by atoms with Crippen LogP contribution in [0.2, 0.25) is 5.02 Å². The Kier molecular flexibility index (Phi) is 4.19. The summed E-state index contributed by atoms with van der Waals surface area (Å²) in [5.74, 6) is 0.211. The van der Waals surface area contributed by atoms with Crippen LogP contribution in [-0.2, 0) is 6.54 Å². The Balaban J connectivity index is 1.46. The zero-order valence-electron chi connectivity index (χ0n) is 16.4. The van der Waals surface area contributed by atoms with E-state index in [2.05, 4.69) is 30.0 Å². The second-order valence-electron chi connectivity index (χ2n) is 7.40. The van der Waals surface area contributed by atoms with Gasteiger partial charge in [-0.1, -0.05) is 11.6 Å². The van der Waals surface area contributed by atoms with Gasteiger partial charge in [0, 0.05) is 48.2 Å². The Morgan fingerprint density at radius 1 is 0.969 bits per heavy atom. The van der Waals surface area contributed by atoms with E-state index in [1.807, 2.05) is 12.1 Å². The SMILES string of the molecule is Fc1cc(F)c(-c2n[nH]cc2-c2ccc3ncc(-c4ncc5n4CCN5)cc3n2)cc1Cl. The number of nitrogens with zero attached hydrogens (tertiary/aromatic N) is 5. The molecule has 10 heteroatoms. The van der Waals surface area contributed by atoms with Crippen molar-refractivity contribution in [3.8, 4) is 33.9 Å². The lowest BCUT2D eigenvalue weighted by molar-refractivity contribution is 0.585. The number of fused-ring (bicyclic) bond motifs is 2. The lowest BCUT2D eigenvalue weighted by atomic mass is 10.0. The number of halogens is 3. The smallest absolute Gasteiger partial charge is 0.144 e. The molecule has 0 amide bonds. The minimum absolute atomic E-state index is 0.0851. The molecule has 0 saturated carbocycles. The van der Waals surface area contributed by atoms with Crippen LogP contribution >= 0.6 is 11.6 Å². The fourth-order valence-electron chi connectivity index (χ4n) is 3.94. The normalized spacial score (nSPS) is 12.8. The maximum absolute atomic E-state index is 14.5. The molecular weight excluding hydrogens is 436 g/mol. The van der Waals surface area contributed by atoms with Crippen LogP contribution in [0.15, 0.2) is 48.9 Å². The van der Waals surface area contributed by atoms with Crippen LogP contribution in [0.1, 0.15) is 0 Å². The van der Waals surface area contributed by atoms with Crippen molar-refractivity contribution >= 4 is 28.5 Å². The van der Waals surface area contributed by atoms with Gasteiger partial charge in [0.05, 0.1) is 27.9 Å². The first-order valence-electron chi connectivity index (χ1n) is 9.84. The highest BCUT2D eigenvalue weighted by Gasteiger charge is 2.19. The Morgan fingerprint density at radius 2 is 1.88 bits per heavy atom. The average molecular weight is 450 g/mol. The first kappa shape index (κ1) is 18.9. The second-order valence-corrected chi connectivity index (χ2v) is 7.81. The highest BCUT2D eigenvalue weighted by Crippen LogP contribution is 2.34. The van der Waals surface area contributed by atoms with Crippen LogP contribution in [0, 0.1) is 11.6 Å². The second kappa shape index (κ2) is 7.10. The van der Waals surface area contributed by atoms with Gasteiger partial charge in [-0.15, -0.1) is 0 Å². The summed E-state index contributed by atoms with van der Waals surface area (Å²) < 4.78 is 30.2. The number of pyridine rings is 2. The quantitative estimate of drug-likeness (QED) is 0.382. The largest absolute Gasteiger partial charge is 0.368 e. The molecule has 158 valence electrons. The summed E-state index contributed by atoms with van der Waals surface area (Å²) in [7, 11) is 0. The molecule has 6 rings (SSSR count). The molecule has 0 unspecified atom stereocenters. The van der Waals surface area contributed by atoms with E-state index in [4.69, 9.17) is 16.6 Å². The molecule has 32 heavy (non-hydrogen) atoms. The minimum Gasteiger partial charge on any atom is -0.368 e. The number of imidazole rings is 1. The molecule has 0 fully saturated rings. The van der Waals surface area contributed by atoms with Crippen LogP contribution in [0.5, 0.6) is 0 Å². The Bertz CT molecular complexity index is 1510. The Labute approximate surface area is 185 Å². The third-order valence-electron chi connectivity index (χ3n) is 5.47. The molecule has 5 heterocycles. The molecule has 1 aromatic carbocycles. The van der Waals surface area contributed by atoms with Gasteiger partial charge in [0.2, 0.25) is 0 Å². The zero-order valence-corrected chi connectivity index (χ0v) is 17.2. The predicted molar refractivity (Wildman–Crippen MR) is 117 cm³/mol. The summed E-state index contributed by atoms with van der Waals surface area (Å²) in [6, 6.07) is 7.51. The van der Waals surface area contributed by atoms with Crippen molar-refractivity contribution in [2.75, 3.05) is 11.9 Å². The van der Waals surface area contributed by atoms with E-state index in [1.165, 1.54) is 6.07 Å². The molecule has 0 bridgehead atoms. The molecule has 0 atom stereocenters. The molecule has 0 aliphatic carbocycles. The highest BCUT2D eigenvalue weighted by molar-refractivity contribution is 6.31. The van der Waals surface area contributed by atoms with Gasteiger partial charge in [-0.3, -0.25) is 10.1 Å². The molecule has 1 aliphatic heterocycles. The Morgan fingerprint density at radius 3 is 2.78 bits per heavy atom. The zero-order chi connectivity index (χ0) is 21.8. The molecule has 0 radical (unpaired) electrons. The summed E-state index contributed by atoms with van der Waals surface area (Å²) in [5.41, 5.74) is 3.72. The molecule has 1 aliphatic rings. The average Bonchev–Trinajstić information content (AvgIpc) is 3.52. The molecule has 4 aromatic heterocycles. The third-order valence-corrected chi connectivity index (χ3v) is 5.76. The number of H-pyrrole nitrogens is 1. The number of aromatic amines is 1. The third kappa shape index (κ3) is 2.93. The summed E-state index contributed by atoms with van der Waals surface area (Å²) in [6.07, 6.45) is 5.19. The first-order valence-corrected chi connectivity index (χ1v) is 10.2. The predicted octanol–water partition coefficient (Wildman–Crippen LogP) is 4.91. The van der Waals surface area contributed by atoms with Crippen LogP contribution < -0.4 is 5.32 Å². The lowest BCUT2D eigenvalue weighted by Gasteiger charge is -2.07. The van der Waals surface area contributed by atoms with Crippen molar-refractivity contribution in [1.29, 1.82) is 0 Å². The van der Waals surface area contributed by atoms with Crippen LogP contribution in [0.3, 0.4) is 0 Å². The maximum atomic E-state index is 14.5. The number of anilines is 1. The maximum Gasteiger partial charge on any atom is 0.144 e. The van der Waals surface area contributed by atoms with Crippen molar-refractivity contribution < 1.29 is 8.78 Å². The molecule has 0 saturated heterocycles. The molecular formula is C22H14ClF2N7. The van der Waals surface area contributed by atoms with Gasteiger partial charge >= 0.3 is 0 Å². The van der Waals surface area contributed by atoms with E-state index in [0.29, 0.717) is 22.3 Å². The van der Waals surface area contributed by atoms with Gasteiger partial charge < -0.3 is 9.88 Å². The first-order chi connectivity index (χ1) is 15.6. The summed E-state index contributed by atoms with van der Waals surface area (Å²) in [5, 5.41) is 9.98. The molecule has 2 N–H and O–H groups in total. The summed E-state index contributed by atoms with van der Waals surface area (Å²) in [6.45, 7) is 1.70. The van der Waals surface area contributed by atoms with Gasteiger partial charge in [-0.05, 0) is 24.3 Å². The Hall–Kier alpha value is -3.85. The van der Waals surface area contributed by atoms with Gasteiger partial charge in [-0.2, -0.15) is 5.10 Å². The van der Waals surface area contributed by atoms with Crippen molar-refractivity contribution in [3.05, 3.63) is 65.6 Å². The fraction of sp³-hybridized carbons (Fsp3) is 0.0909. The van der Waals surface area contributed by atoms with Crippen molar-refractivity contribution in [1.82, 2.24) is 29.7 Å². The monoisotopic (exact) mass is 449 g/mol. The standard InChI is InChI=1S/C22H14ClF2N7/c23-14-6-12(15(24)7-16(14)25)21-13(9-29-31-21)17-1-2-18-19(30-17)5-11(8-27-18)22-28-10-20-26-3-4-32(20)22/h1-2,5-10,26H,3-4H2,(H,29,31). The summed E-state index contributed by atoms with van der Waals surface area (Å²) in [4.78, 5) is 13.8. The van der Waals surface area contributed by atoms with E-state index in [-0.39, 0.29) is 16.3 Å². The van der Waals surface area contributed by atoms with Crippen molar-refractivity contribution in [3.63, 3.8) is 0 Å². The number of aromatic nitrogens is 6. The van der Waals surface area contributed by atoms with Crippen molar-refractivity contribution in [2.45, 2.75) is 6.54 Å². The van der Waals surface area contributed by atoms with Crippen LogP contribution in [0.4, 0.5) is 14.6 Å². The number of rotatable bonds is 3. The fourth-order valence-corrected chi connectivity index (χ4v) is 4.11. The van der Waals surface area contributed by atoms with E-state index in [1.54, 1.807) is 24.7 Å². The van der Waals surface area contributed by atoms with E-state index < -0.39 is 11.6 Å². The van der Waals surface area contributed by atoms with Crippen LogP contribution in [-0.4, -0.2) is 36.3 Å². The van der Waals surface area contributed by atoms with E-state index in [0.717, 1.165) is 36.4 Å². The molecule has 7 nitrogen and oxygen atoms in total. The number of nitrogens with one attached hydrogen (secondary N) is 2. The van der Waals surface area contributed by atoms with Gasteiger partial charge in [0.25, 0.3) is 0 Å². The van der Waals surface area contributed by atoms with Gasteiger partial charge in [0.1, 0.15) is 29.0 Å². The van der Waals surface area contributed by atoms with Crippen molar-refractivity contribution in [2.24, 2.45) is 0 Å². The molecule has 5 aromatic rings. The lowest BCUT2D eigenvalue weighted by Crippen LogP contribution is -1.98. The van der Waals surface area contributed by atoms with E-state index in [9.17, 15) is 8.78 Å². The minimum atomic E-state index is -0.826. The van der Waals surface area contributed by atoms with Gasteiger partial charge in [0.15, 0.2) is 0 Å². The number of hydrogen-bond donors (Lipinski definition) is 2. The van der Waals surface area contributed by atoms with Gasteiger partial charge in [-0.25, -0.2) is 18.7 Å². The summed E-state index contributed by atoms with van der Waals surface area (Å²) >= 11 is 5.87. The van der Waals surface area contributed by atoms with Crippen LogP contribution in [0.25, 0.3) is 44.9 Å².